The standard InChI is InChI=1S/C32H35N5O3S2/c1-39-25-8-3-6-23(18-25)29-27(20-33)31(41-2)42-30(29)28-10-13-34-32(36-28)35-24-7-4-9-26(19-24)40-17-5-14-37-15-11-22(21-38)12-16-37/h3-4,6-10,13,18-19,22,38H,5,11-12,14-17,21H2,1-2H3,(H,34,35,36). The average Bonchev–Trinajstić information content (AvgIpc) is 3.43. The third-order valence-electron chi connectivity index (χ3n) is 7.36. The highest BCUT2D eigenvalue weighted by Gasteiger charge is 2.22. The SMILES string of the molecule is COc1cccc(-c2c(-c3ccnc(Nc4cccc(OCCCN5CCC(CO)CC5)c4)n3)sc(SC)c2C#N)c1. The lowest BCUT2D eigenvalue weighted by Crippen LogP contribution is -2.35. The van der Waals surface area contributed by atoms with E-state index in [2.05, 4.69) is 21.3 Å². The largest absolute Gasteiger partial charge is 0.497 e. The molecule has 0 atom stereocenters. The lowest BCUT2D eigenvalue weighted by molar-refractivity contribution is 0.126. The van der Waals surface area contributed by atoms with Crippen LogP contribution in [0.1, 0.15) is 24.8 Å². The van der Waals surface area contributed by atoms with Crippen molar-refractivity contribution in [2.45, 2.75) is 23.5 Å². The Morgan fingerprint density at radius 1 is 1.14 bits per heavy atom. The van der Waals surface area contributed by atoms with E-state index in [0.717, 1.165) is 82.0 Å². The Labute approximate surface area is 255 Å². The van der Waals surface area contributed by atoms with Gasteiger partial charge in [0, 0.05) is 36.7 Å². The van der Waals surface area contributed by atoms with Gasteiger partial charge in [0.05, 0.1) is 34.1 Å². The average molecular weight is 602 g/mol. The van der Waals surface area contributed by atoms with Crippen molar-refractivity contribution in [1.82, 2.24) is 14.9 Å². The van der Waals surface area contributed by atoms with Gasteiger partial charge in [0.2, 0.25) is 5.95 Å². The number of aliphatic hydroxyl groups excluding tert-OH is 1. The molecule has 8 nitrogen and oxygen atoms in total. The first-order chi connectivity index (χ1) is 20.6. The molecule has 1 aliphatic heterocycles. The molecule has 5 rings (SSSR count). The minimum absolute atomic E-state index is 0.302. The summed E-state index contributed by atoms with van der Waals surface area (Å²) in [5.41, 5.74) is 3.97. The predicted molar refractivity (Wildman–Crippen MR) is 170 cm³/mol. The maximum absolute atomic E-state index is 10.1. The van der Waals surface area contributed by atoms with Gasteiger partial charge in [-0.15, -0.1) is 23.1 Å². The van der Waals surface area contributed by atoms with Gasteiger partial charge in [-0.05, 0) is 80.4 Å². The number of hydrogen-bond donors (Lipinski definition) is 2. The number of methoxy groups -OCH3 is 1. The summed E-state index contributed by atoms with van der Waals surface area (Å²) in [7, 11) is 1.64. The van der Waals surface area contributed by atoms with Crippen LogP contribution in [0.4, 0.5) is 11.6 Å². The second-order valence-electron chi connectivity index (χ2n) is 10.1. The van der Waals surface area contributed by atoms with E-state index < -0.39 is 0 Å². The van der Waals surface area contributed by atoms with Crippen LogP contribution in [0.15, 0.2) is 65.0 Å². The molecule has 0 unspecified atom stereocenters. The van der Waals surface area contributed by atoms with E-state index in [-0.39, 0.29) is 0 Å². The van der Waals surface area contributed by atoms with Gasteiger partial charge in [-0.2, -0.15) is 5.26 Å². The molecule has 3 heterocycles. The molecule has 0 bridgehead atoms. The van der Waals surface area contributed by atoms with Gasteiger partial charge >= 0.3 is 0 Å². The molecule has 1 aliphatic rings. The predicted octanol–water partition coefficient (Wildman–Crippen LogP) is 6.69. The fraction of sp³-hybridized carbons (Fsp3) is 0.344. The van der Waals surface area contributed by atoms with Crippen LogP contribution in [0.3, 0.4) is 0 Å². The molecule has 218 valence electrons. The van der Waals surface area contributed by atoms with Crippen LogP contribution in [0.2, 0.25) is 0 Å². The van der Waals surface area contributed by atoms with E-state index in [0.29, 0.717) is 30.6 Å². The van der Waals surface area contributed by atoms with Crippen LogP contribution in [0, 0.1) is 17.2 Å². The van der Waals surface area contributed by atoms with Crippen molar-refractivity contribution < 1.29 is 14.6 Å². The number of aromatic nitrogens is 2. The minimum atomic E-state index is 0.302. The Balaban J connectivity index is 1.28. The Morgan fingerprint density at radius 3 is 2.71 bits per heavy atom. The fourth-order valence-corrected chi connectivity index (χ4v) is 7.01. The Hall–Kier alpha value is -3.62. The van der Waals surface area contributed by atoms with Gasteiger partial charge < -0.3 is 24.8 Å². The molecule has 1 saturated heterocycles. The second kappa shape index (κ2) is 14.5. The minimum Gasteiger partial charge on any atom is -0.497 e. The molecule has 0 amide bonds. The summed E-state index contributed by atoms with van der Waals surface area (Å²) in [6, 6.07) is 19.9. The third-order valence-corrected chi connectivity index (χ3v) is 9.69. The van der Waals surface area contributed by atoms with Crippen molar-refractivity contribution in [3.05, 3.63) is 66.4 Å². The highest BCUT2D eigenvalue weighted by Crippen LogP contribution is 2.46. The number of nitriles is 1. The highest BCUT2D eigenvalue weighted by molar-refractivity contribution is 8.00. The van der Waals surface area contributed by atoms with Gasteiger partial charge in [-0.3, -0.25) is 0 Å². The van der Waals surface area contributed by atoms with Crippen molar-refractivity contribution >= 4 is 34.7 Å². The monoisotopic (exact) mass is 601 g/mol. The second-order valence-corrected chi connectivity index (χ2v) is 12.2. The number of aliphatic hydroxyl groups is 1. The third kappa shape index (κ3) is 7.23. The van der Waals surface area contributed by atoms with Crippen molar-refractivity contribution in [3.63, 3.8) is 0 Å². The van der Waals surface area contributed by atoms with Crippen LogP contribution in [0.5, 0.6) is 11.5 Å². The van der Waals surface area contributed by atoms with Crippen molar-refractivity contribution in [3.8, 4) is 39.3 Å². The van der Waals surface area contributed by atoms with Crippen LogP contribution in [-0.2, 0) is 0 Å². The lowest BCUT2D eigenvalue weighted by atomic mass is 9.98. The number of benzene rings is 2. The molecule has 1 fully saturated rings. The summed E-state index contributed by atoms with van der Waals surface area (Å²) < 4.78 is 12.4. The van der Waals surface area contributed by atoms with Crippen LogP contribution in [0.25, 0.3) is 21.7 Å². The molecule has 4 aromatic rings. The van der Waals surface area contributed by atoms with Crippen molar-refractivity contribution in [1.29, 1.82) is 5.26 Å². The zero-order valence-corrected chi connectivity index (χ0v) is 25.5. The van der Waals surface area contributed by atoms with Gasteiger partial charge in [0.1, 0.15) is 17.6 Å². The first kappa shape index (κ1) is 29.9. The maximum atomic E-state index is 10.1. The molecule has 10 heteroatoms. The van der Waals surface area contributed by atoms with E-state index >= 15 is 0 Å². The number of nitrogens with one attached hydrogen (secondary N) is 1. The number of thiophene rings is 1. The number of rotatable bonds is 12. The van der Waals surface area contributed by atoms with E-state index in [1.807, 2.05) is 60.9 Å². The molecular formula is C32H35N5O3S2. The highest BCUT2D eigenvalue weighted by atomic mass is 32.2. The maximum Gasteiger partial charge on any atom is 0.227 e. The number of likely N-dealkylation sites (tertiary alicyclic amines) is 1. The molecule has 0 spiro atoms. The first-order valence-corrected chi connectivity index (χ1v) is 16.1. The van der Waals surface area contributed by atoms with E-state index in [1.165, 1.54) is 0 Å². The summed E-state index contributed by atoms with van der Waals surface area (Å²) in [5, 5.41) is 22.7. The molecule has 2 aromatic heterocycles. The van der Waals surface area contributed by atoms with Crippen LogP contribution in [-0.4, -0.2) is 66.2 Å². The molecule has 2 aromatic carbocycles. The zero-order valence-electron chi connectivity index (χ0n) is 23.9. The zero-order chi connectivity index (χ0) is 29.3. The molecule has 2 N–H and O–H groups in total. The van der Waals surface area contributed by atoms with Gasteiger partial charge in [-0.25, -0.2) is 9.97 Å². The van der Waals surface area contributed by atoms with Gasteiger partial charge in [-0.1, -0.05) is 18.2 Å². The summed E-state index contributed by atoms with van der Waals surface area (Å²) in [6.07, 6.45) is 6.80. The van der Waals surface area contributed by atoms with E-state index in [9.17, 15) is 10.4 Å². The number of piperidine rings is 1. The summed E-state index contributed by atoms with van der Waals surface area (Å²) in [4.78, 5) is 12.7. The summed E-state index contributed by atoms with van der Waals surface area (Å²) >= 11 is 3.12. The smallest absolute Gasteiger partial charge is 0.227 e. The quantitative estimate of drug-likeness (QED) is 0.136. The van der Waals surface area contributed by atoms with E-state index in [4.69, 9.17) is 14.5 Å². The molecular weight excluding hydrogens is 567 g/mol. The Kier molecular flexibility index (Phi) is 10.3. The number of ether oxygens (including phenoxy) is 2. The fourth-order valence-electron chi connectivity index (χ4n) is 5.10. The number of anilines is 2. The van der Waals surface area contributed by atoms with E-state index in [1.54, 1.807) is 36.4 Å². The Morgan fingerprint density at radius 2 is 1.95 bits per heavy atom. The van der Waals surface area contributed by atoms with Crippen molar-refractivity contribution in [2.24, 2.45) is 5.92 Å². The molecule has 0 saturated carbocycles. The van der Waals surface area contributed by atoms with Gasteiger partial charge in [0.15, 0.2) is 0 Å². The summed E-state index contributed by atoms with van der Waals surface area (Å²) in [6.45, 7) is 4.04. The summed E-state index contributed by atoms with van der Waals surface area (Å²) in [5.74, 6) is 2.44. The number of hydrogen-bond acceptors (Lipinski definition) is 10. The Bertz CT molecular complexity index is 1530. The first-order valence-electron chi connectivity index (χ1n) is 14.0. The molecule has 0 aliphatic carbocycles. The normalized spacial score (nSPS) is 14.0. The lowest BCUT2D eigenvalue weighted by Gasteiger charge is -2.30. The van der Waals surface area contributed by atoms with Crippen molar-refractivity contribution in [2.75, 3.05) is 51.5 Å². The van der Waals surface area contributed by atoms with Gasteiger partial charge in [0.25, 0.3) is 0 Å². The topological polar surface area (TPSA) is 104 Å². The number of thioether (sulfide) groups is 1. The van der Waals surface area contributed by atoms with Crippen LogP contribution >= 0.6 is 23.1 Å². The molecule has 42 heavy (non-hydrogen) atoms. The van der Waals surface area contributed by atoms with Crippen LogP contribution < -0.4 is 14.8 Å². The number of nitrogens with zero attached hydrogens (tertiary/aromatic N) is 4. The molecule has 0 radical (unpaired) electrons.